The first-order valence-corrected chi connectivity index (χ1v) is 6.10. The molecule has 0 fully saturated rings. The average molecular weight is 254 g/mol. The van der Waals surface area contributed by atoms with E-state index in [-0.39, 0.29) is 6.04 Å². The van der Waals surface area contributed by atoms with Crippen LogP contribution in [0.3, 0.4) is 0 Å². The maximum Gasteiger partial charge on any atom is 0.129 e. The molecule has 0 aliphatic heterocycles. The lowest BCUT2D eigenvalue weighted by Gasteiger charge is -2.11. The summed E-state index contributed by atoms with van der Waals surface area (Å²) in [6, 6.07) is 9.38. The number of thiophene rings is 1. The van der Waals surface area contributed by atoms with Crippen LogP contribution in [0, 0.1) is 0 Å². The molecule has 0 saturated heterocycles. The van der Waals surface area contributed by atoms with Gasteiger partial charge in [0.15, 0.2) is 0 Å². The molecule has 1 heterocycles. The van der Waals surface area contributed by atoms with Crippen molar-refractivity contribution >= 4 is 22.9 Å². The molecule has 1 unspecified atom stereocenters. The van der Waals surface area contributed by atoms with Gasteiger partial charge in [0.05, 0.1) is 13.2 Å². The zero-order valence-corrected chi connectivity index (χ0v) is 10.4. The Morgan fingerprint density at radius 3 is 2.75 bits per heavy atom. The number of nitrogens with two attached hydrogens (primary N) is 1. The number of rotatable bonds is 3. The minimum absolute atomic E-state index is 0.192. The fourth-order valence-electron chi connectivity index (χ4n) is 1.49. The normalized spacial score (nSPS) is 12.4. The maximum atomic E-state index is 6.16. The Labute approximate surface area is 104 Å². The highest BCUT2D eigenvalue weighted by atomic mass is 35.5. The molecule has 0 saturated carbocycles. The van der Waals surface area contributed by atoms with Gasteiger partial charge in [-0.2, -0.15) is 0 Å². The Morgan fingerprint density at radius 1 is 1.38 bits per heavy atom. The van der Waals surface area contributed by atoms with Gasteiger partial charge < -0.3 is 10.5 Å². The third-order valence-electron chi connectivity index (χ3n) is 2.38. The van der Waals surface area contributed by atoms with Gasteiger partial charge in [-0.15, -0.1) is 11.3 Å². The first kappa shape index (κ1) is 11.5. The number of halogens is 1. The first-order chi connectivity index (χ1) is 7.72. The molecular weight excluding hydrogens is 242 g/mol. The number of benzene rings is 1. The quantitative estimate of drug-likeness (QED) is 0.909. The molecule has 2 rings (SSSR count). The zero-order chi connectivity index (χ0) is 11.5. The highest BCUT2D eigenvalue weighted by Gasteiger charge is 2.14. The van der Waals surface area contributed by atoms with E-state index in [1.54, 1.807) is 18.4 Å². The van der Waals surface area contributed by atoms with E-state index >= 15 is 0 Å². The molecule has 2 aromatic rings. The van der Waals surface area contributed by atoms with E-state index in [2.05, 4.69) is 0 Å². The number of hydrogen-bond donors (Lipinski definition) is 1. The second-order valence-corrected chi connectivity index (χ2v) is 4.74. The van der Waals surface area contributed by atoms with Crippen molar-refractivity contribution < 1.29 is 4.74 Å². The van der Waals surface area contributed by atoms with E-state index < -0.39 is 0 Å². The SMILES string of the molecule is COc1csc(C(N)c2ccccc2Cl)c1. The Morgan fingerprint density at radius 2 is 2.12 bits per heavy atom. The minimum atomic E-state index is -0.192. The molecular formula is C12H12ClNOS. The minimum Gasteiger partial charge on any atom is -0.496 e. The van der Waals surface area contributed by atoms with Crippen molar-refractivity contribution in [2.75, 3.05) is 7.11 Å². The van der Waals surface area contributed by atoms with Crippen molar-refractivity contribution in [1.29, 1.82) is 0 Å². The van der Waals surface area contributed by atoms with Crippen LogP contribution in [0.25, 0.3) is 0 Å². The lowest BCUT2D eigenvalue weighted by Crippen LogP contribution is -2.10. The van der Waals surface area contributed by atoms with Gasteiger partial charge in [-0.25, -0.2) is 0 Å². The van der Waals surface area contributed by atoms with E-state index in [9.17, 15) is 0 Å². The van der Waals surface area contributed by atoms with Gasteiger partial charge >= 0.3 is 0 Å². The lowest BCUT2D eigenvalue weighted by atomic mass is 10.1. The van der Waals surface area contributed by atoms with Crippen molar-refractivity contribution in [3.05, 3.63) is 51.2 Å². The van der Waals surface area contributed by atoms with Crippen LogP contribution in [0.15, 0.2) is 35.7 Å². The van der Waals surface area contributed by atoms with Crippen LogP contribution in [-0.4, -0.2) is 7.11 Å². The monoisotopic (exact) mass is 253 g/mol. The van der Waals surface area contributed by atoms with Crippen LogP contribution in [0.4, 0.5) is 0 Å². The fraction of sp³-hybridized carbons (Fsp3) is 0.167. The zero-order valence-electron chi connectivity index (χ0n) is 8.81. The van der Waals surface area contributed by atoms with Crippen molar-refractivity contribution in [2.45, 2.75) is 6.04 Å². The molecule has 0 aliphatic rings. The third-order valence-corrected chi connectivity index (χ3v) is 3.72. The second kappa shape index (κ2) is 4.87. The second-order valence-electron chi connectivity index (χ2n) is 3.39. The summed E-state index contributed by atoms with van der Waals surface area (Å²) in [6.07, 6.45) is 0. The highest BCUT2D eigenvalue weighted by Crippen LogP contribution is 2.32. The Hall–Kier alpha value is -1.03. The van der Waals surface area contributed by atoms with Crippen LogP contribution in [0.1, 0.15) is 16.5 Å². The summed E-state index contributed by atoms with van der Waals surface area (Å²) < 4.78 is 5.13. The Bertz CT molecular complexity index is 483. The summed E-state index contributed by atoms with van der Waals surface area (Å²) >= 11 is 7.68. The van der Waals surface area contributed by atoms with E-state index in [0.717, 1.165) is 16.2 Å². The van der Waals surface area contributed by atoms with Gasteiger partial charge in [-0.05, 0) is 17.7 Å². The standard InChI is InChI=1S/C12H12ClNOS/c1-15-8-6-11(16-7-8)12(14)9-4-2-3-5-10(9)13/h2-7,12H,14H2,1H3. The molecule has 1 aromatic heterocycles. The Balaban J connectivity index is 2.31. The van der Waals surface area contributed by atoms with Crippen molar-refractivity contribution in [1.82, 2.24) is 0 Å². The predicted molar refractivity (Wildman–Crippen MR) is 68.4 cm³/mol. The highest BCUT2D eigenvalue weighted by molar-refractivity contribution is 7.10. The Kier molecular flexibility index (Phi) is 3.49. The molecule has 84 valence electrons. The number of methoxy groups -OCH3 is 1. The first-order valence-electron chi connectivity index (χ1n) is 4.85. The fourth-order valence-corrected chi connectivity index (χ4v) is 2.61. The molecule has 0 amide bonds. The number of hydrogen-bond acceptors (Lipinski definition) is 3. The maximum absolute atomic E-state index is 6.16. The summed E-state index contributed by atoms with van der Waals surface area (Å²) in [5.74, 6) is 0.836. The molecule has 0 radical (unpaired) electrons. The van der Waals surface area contributed by atoms with Crippen molar-refractivity contribution in [3.63, 3.8) is 0 Å². The molecule has 0 bridgehead atoms. The van der Waals surface area contributed by atoms with Crippen LogP contribution in [0.2, 0.25) is 5.02 Å². The van der Waals surface area contributed by atoms with Gasteiger partial charge in [0, 0.05) is 15.3 Å². The summed E-state index contributed by atoms with van der Waals surface area (Å²) in [5.41, 5.74) is 7.09. The molecule has 16 heavy (non-hydrogen) atoms. The van der Waals surface area contributed by atoms with Crippen molar-refractivity contribution in [3.8, 4) is 5.75 Å². The molecule has 2 nitrogen and oxygen atoms in total. The molecule has 4 heteroatoms. The van der Waals surface area contributed by atoms with Gasteiger partial charge in [0.25, 0.3) is 0 Å². The molecule has 1 atom stereocenters. The topological polar surface area (TPSA) is 35.2 Å². The van der Waals surface area contributed by atoms with Crippen LogP contribution in [-0.2, 0) is 0 Å². The smallest absolute Gasteiger partial charge is 0.129 e. The summed E-state index contributed by atoms with van der Waals surface area (Å²) in [7, 11) is 1.65. The molecule has 0 aliphatic carbocycles. The van der Waals surface area contributed by atoms with E-state index in [4.69, 9.17) is 22.1 Å². The van der Waals surface area contributed by atoms with Crippen LogP contribution < -0.4 is 10.5 Å². The summed E-state index contributed by atoms with van der Waals surface area (Å²) in [5, 5.41) is 2.63. The molecule has 2 N–H and O–H groups in total. The van der Waals surface area contributed by atoms with Gasteiger partial charge in [0.1, 0.15) is 5.75 Å². The molecule has 1 aromatic carbocycles. The number of ether oxygens (including phenoxy) is 1. The van der Waals surface area contributed by atoms with E-state index in [0.29, 0.717) is 5.02 Å². The largest absolute Gasteiger partial charge is 0.496 e. The summed E-state index contributed by atoms with van der Waals surface area (Å²) in [6.45, 7) is 0. The van der Waals surface area contributed by atoms with E-state index in [1.165, 1.54) is 0 Å². The average Bonchev–Trinajstić information content (AvgIpc) is 2.77. The summed E-state index contributed by atoms with van der Waals surface area (Å²) in [4.78, 5) is 1.05. The lowest BCUT2D eigenvalue weighted by molar-refractivity contribution is 0.416. The third kappa shape index (κ3) is 2.21. The van der Waals surface area contributed by atoms with Gasteiger partial charge in [-0.3, -0.25) is 0 Å². The van der Waals surface area contributed by atoms with Gasteiger partial charge in [0.2, 0.25) is 0 Å². The van der Waals surface area contributed by atoms with Crippen LogP contribution in [0.5, 0.6) is 5.75 Å². The predicted octanol–water partition coefficient (Wildman–Crippen LogP) is 3.46. The van der Waals surface area contributed by atoms with Gasteiger partial charge in [-0.1, -0.05) is 29.8 Å². The van der Waals surface area contributed by atoms with Crippen molar-refractivity contribution in [2.24, 2.45) is 5.73 Å². The van der Waals surface area contributed by atoms with E-state index in [1.807, 2.05) is 35.7 Å². The molecule has 0 spiro atoms. The van der Waals surface area contributed by atoms with Crippen LogP contribution >= 0.6 is 22.9 Å².